The maximum Gasteiger partial charge on any atom is 0.274 e. The molecule has 5 nitrogen and oxygen atoms in total. The van der Waals surface area contributed by atoms with Crippen LogP contribution in [-0.2, 0) is 13.1 Å². The zero-order valence-electron chi connectivity index (χ0n) is 14.9. The third-order valence-corrected chi connectivity index (χ3v) is 4.77. The van der Waals surface area contributed by atoms with E-state index in [0.29, 0.717) is 24.7 Å². The van der Waals surface area contributed by atoms with Crippen molar-refractivity contribution in [2.24, 2.45) is 5.92 Å². The fourth-order valence-corrected chi connectivity index (χ4v) is 3.10. The van der Waals surface area contributed by atoms with Crippen molar-refractivity contribution in [1.29, 1.82) is 0 Å². The predicted octanol–water partition coefficient (Wildman–Crippen LogP) is 3.09. The number of benzene rings is 1. The normalized spacial score (nSPS) is 15.0. The number of carbonyl (C=O) groups is 1. The van der Waals surface area contributed by atoms with Crippen LogP contribution in [0.5, 0.6) is 0 Å². The first kappa shape index (κ1) is 17.4. The highest BCUT2D eigenvalue weighted by molar-refractivity contribution is 5.92. The number of aromatic nitrogens is 2. The molecule has 1 unspecified atom stereocenters. The first-order chi connectivity index (χ1) is 12.1. The van der Waals surface area contributed by atoms with E-state index in [2.05, 4.69) is 12.0 Å². The predicted molar refractivity (Wildman–Crippen MR) is 97.3 cm³/mol. The van der Waals surface area contributed by atoms with Gasteiger partial charge in [-0.3, -0.25) is 9.59 Å². The van der Waals surface area contributed by atoms with Crippen molar-refractivity contribution in [1.82, 2.24) is 14.7 Å². The Morgan fingerprint density at radius 2 is 1.96 bits per heavy atom. The Balaban J connectivity index is 1.88. The average molecular weight is 339 g/mol. The molecule has 25 heavy (non-hydrogen) atoms. The molecule has 1 aromatic carbocycles. The van der Waals surface area contributed by atoms with Gasteiger partial charge in [0.2, 0.25) is 0 Å². The van der Waals surface area contributed by atoms with Crippen molar-refractivity contribution in [3.8, 4) is 0 Å². The third-order valence-electron chi connectivity index (χ3n) is 4.77. The van der Waals surface area contributed by atoms with Gasteiger partial charge in [-0.05, 0) is 43.7 Å². The van der Waals surface area contributed by atoms with Crippen LogP contribution in [0.4, 0.5) is 0 Å². The second-order valence-electron chi connectivity index (χ2n) is 6.78. The van der Waals surface area contributed by atoms with Crippen LogP contribution in [0.2, 0.25) is 0 Å². The topological polar surface area (TPSA) is 55.2 Å². The van der Waals surface area contributed by atoms with Crippen LogP contribution in [0, 0.1) is 5.92 Å². The number of hydrogen-bond acceptors (Lipinski definition) is 3. The summed E-state index contributed by atoms with van der Waals surface area (Å²) < 4.78 is 1.38. The molecular weight excluding hydrogens is 314 g/mol. The molecule has 1 aliphatic rings. The quantitative estimate of drug-likeness (QED) is 0.779. The molecule has 1 amide bonds. The first-order valence-corrected chi connectivity index (χ1v) is 9.03. The second-order valence-corrected chi connectivity index (χ2v) is 6.78. The smallest absolute Gasteiger partial charge is 0.274 e. The van der Waals surface area contributed by atoms with Crippen molar-refractivity contribution in [2.45, 2.75) is 52.2 Å². The minimum Gasteiger partial charge on any atom is -0.330 e. The van der Waals surface area contributed by atoms with Crippen LogP contribution in [0.3, 0.4) is 0 Å². The van der Waals surface area contributed by atoms with Crippen molar-refractivity contribution in [2.75, 3.05) is 0 Å². The Kier molecular flexibility index (Phi) is 5.31. The number of rotatable bonds is 7. The van der Waals surface area contributed by atoms with Gasteiger partial charge in [0, 0.05) is 25.2 Å². The molecule has 0 radical (unpaired) electrons. The van der Waals surface area contributed by atoms with Crippen molar-refractivity contribution >= 4 is 5.91 Å². The van der Waals surface area contributed by atoms with Gasteiger partial charge in [-0.1, -0.05) is 37.3 Å². The van der Waals surface area contributed by atoms with Crippen molar-refractivity contribution in [3.63, 3.8) is 0 Å². The van der Waals surface area contributed by atoms with Gasteiger partial charge < -0.3 is 4.90 Å². The summed E-state index contributed by atoms with van der Waals surface area (Å²) in [6.45, 7) is 5.18. The molecule has 5 heteroatoms. The van der Waals surface area contributed by atoms with E-state index in [1.54, 1.807) is 6.07 Å². The lowest BCUT2D eigenvalue weighted by Gasteiger charge is -2.29. The van der Waals surface area contributed by atoms with Crippen LogP contribution in [0.15, 0.2) is 47.3 Å². The van der Waals surface area contributed by atoms with E-state index in [1.807, 2.05) is 42.2 Å². The Hall–Kier alpha value is -2.43. The van der Waals surface area contributed by atoms with E-state index in [0.717, 1.165) is 12.0 Å². The second kappa shape index (κ2) is 7.64. The van der Waals surface area contributed by atoms with Gasteiger partial charge in [0.25, 0.3) is 11.5 Å². The van der Waals surface area contributed by atoms with Gasteiger partial charge in [-0.2, -0.15) is 5.10 Å². The Labute approximate surface area is 148 Å². The van der Waals surface area contributed by atoms with E-state index in [-0.39, 0.29) is 17.5 Å². The summed E-state index contributed by atoms with van der Waals surface area (Å²) >= 11 is 0. The van der Waals surface area contributed by atoms with Crippen LogP contribution in [0.1, 0.15) is 49.2 Å². The SMILES string of the molecule is CCCn1nc(C(=O)N(Cc2ccccc2)C(C)C2CC2)ccc1=O. The van der Waals surface area contributed by atoms with E-state index in [4.69, 9.17) is 0 Å². The summed E-state index contributed by atoms with van der Waals surface area (Å²) in [6, 6.07) is 13.2. The van der Waals surface area contributed by atoms with E-state index < -0.39 is 0 Å². The van der Waals surface area contributed by atoms with Gasteiger partial charge in [0.05, 0.1) is 0 Å². The largest absolute Gasteiger partial charge is 0.330 e. The molecule has 1 aromatic heterocycles. The fourth-order valence-electron chi connectivity index (χ4n) is 3.10. The summed E-state index contributed by atoms with van der Waals surface area (Å²) in [7, 11) is 0. The summed E-state index contributed by atoms with van der Waals surface area (Å²) in [5, 5.41) is 4.30. The van der Waals surface area contributed by atoms with Gasteiger partial charge in [0.1, 0.15) is 5.69 Å². The molecule has 1 saturated carbocycles. The Morgan fingerprint density at radius 1 is 1.24 bits per heavy atom. The molecule has 1 aliphatic carbocycles. The molecule has 0 aliphatic heterocycles. The summed E-state index contributed by atoms with van der Waals surface area (Å²) in [4.78, 5) is 26.9. The van der Waals surface area contributed by atoms with E-state index in [1.165, 1.54) is 23.6 Å². The Morgan fingerprint density at radius 3 is 2.60 bits per heavy atom. The molecule has 1 heterocycles. The maximum absolute atomic E-state index is 13.1. The van der Waals surface area contributed by atoms with Crippen LogP contribution >= 0.6 is 0 Å². The van der Waals surface area contributed by atoms with Gasteiger partial charge in [-0.25, -0.2) is 4.68 Å². The van der Waals surface area contributed by atoms with Crippen LogP contribution in [0.25, 0.3) is 0 Å². The highest BCUT2D eigenvalue weighted by Gasteiger charge is 2.35. The molecule has 2 aromatic rings. The zero-order chi connectivity index (χ0) is 17.8. The lowest BCUT2D eigenvalue weighted by Crippen LogP contribution is -2.40. The maximum atomic E-state index is 13.1. The summed E-state index contributed by atoms with van der Waals surface area (Å²) in [5.41, 5.74) is 1.28. The van der Waals surface area contributed by atoms with Crippen molar-refractivity contribution in [3.05, 3.63) is 64.1 Å². The molecule has 132 valence electrons. The summed E-state index contributed by atoms with van der Waals surface area (Å²) in [5.74, 6) is 0.460. The highest BCUT2D eigenvalue weighted by atomic mass is 16.2. The lowest BCUT2D eigenvalue weighted by molar-refractivity contribution is 0.0645. The standard InChI is InChI=1S/C20H25N3O2/c1-3-13-23-19(24)12-11-18(21-23)20(25)22(15(2)17-9-10-17)14-16-7-5-4-6-8-16/h4-8,11-12,15,17H,3,9-10,13-14H2,1-2H3. The minimum atomic E-state index is -0.164. The molecule has 0 bridgehead atoms. The molecule has 3 rings (SSSR count). The number of carbonyl (C=O) groups excluding carboxylic acids is 1. The third kappa shape index (κ3) is 4.16. The van der Waals surface area contributed by atoms with Gasteiger partial charge >= 0.3 is 0 Å². The van der Waals surface area contributed by atoms with E-state index in [9.17, 15) is 9.59 Å². The number of amides is 1. The number of nitrogens with zero attached hydrogens (tertiary/aromatic N) is 3. The summed E-state index contributed by atoms with van der Waals surface area (Å²) in [6.07, 6.45) is 3.14. The first-order valence-electron chi connectivity index (χ1n) is 9.03. The molecule has 0 saturated heterocycles. The van der Waals surface area contributed by atoms with Crippen LogP contribution in [-0.4, -0.2) is 26.6 Å². The van der Waals surface area contributed by atoms with Gasteiger partial charge in [0.15, 0.2) is 0 Å². The lowest BCUT2D eigenvalue weighted by atomic mass is 10.1. The molecular formula is C20H25N3O2. The number of hydrogen-bond donors (Lipinski definition) is 0. The zero-order valence-corrected chi connectivity index (χ0v) is 14.9. The van der Waals surface area contributed by atoms with E-state index >= 15 is 0 Å². The van der Waals surface area contributed by atoms with Crippen molar-refractivity contribution < 1.29 is 4.79 Å². The molecule has 1 fully saturated rings. The Bertz CT molecular complexity index is 781. The highest BCUT2D eigenvalue weighted by Crippen LogP contribution is 2.36. The van der Waals surface area contributed by atoms with Crippen LogP contribution < -0.4 is 5.56 Å². The fraction of sp³-hybridized carbons (Fsp3) is 0.450. The molecule has 0 N–H and O–H groups in total. The molecule has 0 spiro atoms. The van der Waals surface area contributed by atoms with Gasteiger partial charge in [-0.15, -0.1) is 0 Å². The molecule has 1 atom stereocenters. The minimum absolute atomic E-state index is 0.104. The number of aryl methyl sites for hydroxylation is 1. The monoisotopic (exact) mass is 339 g/mol. The average Bonchev–Trinajstić information content (AvgIpc) is 3.47.